The van der Waals surface area contributed by atoms with Crippen LogP contribution in [-0.2, 0) is 37.9 Å². The zero-order valence-corrected chi connectivity index (χ0v) is 25.8. The predicted molar refractivity (Wildman–Crippen MR) is 170 cm³/mol. The van der Waals surface area contributed by atoms with Crippen LogP contribution in [0, 0.1) is 13.1 Å². The van der Waals surface area contributed by atoms with Gasteiger partial charge in [-0.25, -0.2) is 6.29 Å². The summed E-state index contributed by atoms with van der Waals surface area (Å²) in [7, 11) is -0.877. The van der Waals surface area contributed by atoms with Gasteiger partial charge < -0.3 is 14.6 Å². The summed E-state index contributed by atoms with van der Waals surface area (Å²) >= 11 is 0. The first-order chi connectivity index (χ1) is 20.0. The van der Waals surface area contributed by atoms with Gasteiger partial charge in [0.25, 0.3) is 0 Å². The van der Waals surface area contributed by atoms with Gasteiger partial charge in [-0.2, -0.15) is 0 Å². The minimum atomic E-state index is -1.20. The molecule has 4 aromatic rings. The van der Waals surface area contributed by atoms with Gasteiger partial charge in [-0.05, 0) is 61.9 Å². The number of ether oxygens (including phenoxy) is 1. The molecular weight excluding hydrogens is 583 g/mol. The minimum Gasteiger partial charge on any atom is -0.0767 e. The molecule has 4 aromatic carbocycles. The molecule has 6 heteroatoms. The first-order valence-electron chi connectivity index (χ1n) is 13.1. The molecule has 5 rings (SSSR count). The van der Waals surface area contributed by atoms with Crippen molar-refractivity contribution in [1.82, 2.24) is 0 Å². The Kier molecular flexibility index (Phi) is 18.6. The minimum absolute atomic E-state index is 0. The van der Waals surface area contributed by atoms with Crippen molar-refractivity contribution in [1.29, 1.82) is 0 Å². The summed E-state index contributed by atoms with van der Waals surface area (Å²) in [5.74, 6) is 0. The Morgan fingerprint density at radius 2 is 1.07 bits per heavy atom. The summed E-state index contributed by atoms with van der Waals surface area (Å²) in [4.78, 5) is 10.6. The van der Waals surface area contributed by atoms with E-state index in [0.717, 1.165) is 5.56 Å². The SMILES string of the molecule is CC(C)(O)[C@H]([C-]=O)OCc1ccccc1.[C-]#[O+].[CH]1C=CC=C1.[Fe].c1ccc([PH+](c2ccccc2)c2ccccc2)cc1. The Hall–Kier alpha value is -3.36. The Bertz CT molecular complexity index is 1220. The van der Waals surface area contributed by atoms with Gasteiger partial charge in [0.2, 0.25) is 0 Å². The van der Waals surface area contributed by atoms with Crippen molar-refractivity contribution >= 4 is 30.1 Å². The van der Waals surface area contributed by atoms with Crippen LogP contribution in [-0.4, -0.2) is 23.1 Å². The van der Waals surface area contributed by atoms with Crippen molar-refractivity contribution < 1.29 is 36.4 Å². The van der Waals surface area contributed by atoms with Crippen molar-refractivity contribution in [2.24, 2.45) is 0 Å². The van der Waals surface area contributed by atoms with E-state index in [1.54, 1.807) is 6.29 Å². The van der Waals surface area contributed by atoms with Crippen LogP contribution in [0.25, 0.3) is 0 Å². The molecule has 0 fully saturated rings. The summed E-state index contributed by atoms with van der Waals surface area (Å²) in [5.41, 5.74) is -0.238. The maximum atomic E-state index is 10.6. The molecule has 0 aromatic heterocycles. The Morgan fingerprint density at radius 3 is 1.36 bits per heavy atom. The quantitative estimate of drug-likeness (QED) is 0.116. The maximum absolute atomic E-state index is 10.6. The predicted octanol–water partition coefficient (Wildman–Crippen LogP) is 5.91. The van der Waals surface area contributed by atoms with Crippen LogP contribution in [0.3, 0.4) is 0 Å². The average molecular weight is 619 g/mol. The molecule has 1 aliphatic carbocycles. The van der Waals surface area contributed by atoms with Gasteiger partial charge in [0.1, 0.15) is 15.9 Å². The van der Waals surface area contributed by atoms with Crippen LogP contribution < -0.4 is 15.9 Å². The second-order valence-electron chi connectivity index (χ2n) is 9.38. The number of allylic oxidation sites excluding steroid dienone is 4. The summed E-state index contributed by atoms with van der Waals surface area (Å²) in [6, 6.07) is 42.0. The Morgan fingerprint density at radius 1 is 0.714 bits per heavy atom. The molecule has 42 heavy (non-hydrogen) atoms. The van der Waals surface area contributed by atoms with Crippen molar-refractivity contribution in [3.63, 3.8) is 0 Å². The molecule has 1 radical (unpaired) electrons. The first-order valence-corrected chi connectivity index (χ1v) is 14.6. The smallest absolute Gasteiger partial charge is 0.0767 e. The number of benzene rings is 4. The number of hydrogen-bond donors (Lipinski definition) is 1. The molecule has 1 aliphatic rings. The van der Waals surface area contributed by atoms with Gasteiger partial charge in [-0.15, -0.1) is 0 Å². The van der Waals surface area contributed by atoms with Gasteiger partial charge in [-0.3, -0.25) is 0 Å². The van der Waals surface area contributed by atoms with Crippen LogP contribution >= 0.6 is 7.92 Å². The van der Waals surface area contributed by atoms with E-state index >= 15 is 0 Å². The van der Waals surface area contributed by atoms with Crippen molar-refractivity contribution in [3.05, 3.63) is 164 Å². The average Bonchev–Trinajstić information content (AvgIpc) is 3.61. The molecule has 0 unspecified atom stereocenters. The standard InChI is InChI=1S/C18H15P.C12H15O3.C5H5.CO.Fe/c1-4-10-16(11-5-1)19(17-12-6-2-7-13-17)18-14-8-3-9-15-18;1-12(2,14)11(8-13)15-9-10-6-4-3-5-7-10;1-2-4-5-3-1;1-2;/h1-15H;3-7,11,14H,9H2,1-2H3;1-5H;;/q;-1;;;/p+1/t;11-;;;/m.0.../s1. The normalized spacial score (nSPS) is 11.8. The Balaban J connectivity index is 0.000000342. The van der Waals surface area contributed by atoms with Crippen molar-refractivity contribution in [3.8, 4) is 0 Å². The van der Waals surface area contributed by atoms with Gasteiger partial charge >= 0.3 is 11.3 Å². The first kappa shape index (κ1) is 36.7. The molecule has 0 bridgehead atoms. The van der Waals surface area contributed by atoms with Gasteiger partial charge in [0.15, 0.2) is 0 Å². The molecule has 0 spiro atoms. The van der Waals surface area contributed by atoms with E-state index in [2.05, 4.69) is 97.6 Å². The molecule has 0 heterocycles. The Labute approximate surface area is 262 Å². The summed E-state index contributed by atoms with van der Waals surface area (Å²) in [6.07, 6.45) is 10.8. The molecule has 4 nitrogen and oxygen atoms in total. The molecule has 1 atom stereocenters. The third-order valence-corrected chi connectivity index (χ3v) is 8.48. The molecule has 0 saturated carbocycles. The molecule has 0 saturated heterocycles. The van der Waals surface area contributed by atoms with Crippen LogP contribution in [0.15, 0.2) is 146 Å². The summed E-state index contributed by atoms with van der Waals surface area (Å²) < 4.78 is 12.8. The van der Waals surface area contributed by atoms with Crippen molar-refractivity contribution in [2.45, 2.75) is 32.2 Å². The molecule has 0 amide bonds. The van der Waals surface area contributed by atoms with E-state index < -0.39 is 19.6 Å². The zero-order chi connectivity index (χ0) is 29.8. The van der Waals surface area contributed by atoms with E-state index in [4.69, 9.17) is 9.39 Å². The van der Waals surface area contributed by atoms with E-state index in [0.29, 0.717) is 6.61 Å². The van der Waals surface area contributed by atoms with E-state index in [1.807, 2.05) is 61.1 Å². The van der Waals surface area contributed by atoms with E-state index in [9.17, 15) is 9.90 Å². The van der Waals surface area contributed by atoms with Crippen molar-refractivity contribution in [2.75, 3.05) is 0 Å². The van der Waals surface area contributed by atoms with E-state index in [1.165, 1.54) is 29.8 Å². The van der Waals surface area contributed by atoms with E-state index in [-0.39, 0.29) is 17.1 Å². The van der Waals surface area contributed by atoms with Crippen LogP contribution in [0.4, 0.5) is 0 Å². The monoisotopic (exact) mass is 619 g/mol. The number of hydrogen-bond acceptors (Lipinski definition) is 3. The van der Waals surface area contributed by atoms with Gasteiger partial charge in [0.05, 0.1) is 20.1 Å². The number of rotatable bonds is 8. The largest absolute Gasteiger partial charge is 0.102 e. The molecule has 0 aliphatic heterocycles. The molecular formula is C36H36FeO4P. The fraction of sp³-hybridized carbons (Fsp3) is 0.139. The fourth-order valence-corrected chi connectivity index (χ4v) is 6.35. The van der Waals surface area contributed by atoms with Crippen LogP contribution in [0.1, 0.15) is 19.4 Å². The maximum Gasteiger partial charge on any atom is 0.102 e. The van der Waals surface area contributed by atoms with Crippen LogP contribution in [0.2, 0.25) is 0 Å². The van der Waals surface area contributed by atoms with Gasteiger partial charge in [0, 0.05) is 23.5 Å². The summed E-state index contributed by atoms with van der Waals surface area (Å²) in [6.45, 7) is 7.84. The number of carbonyl (C=O) groups excluding carboxylic acids is 1. The van der Waals surface area contributed by atoms with Crippen LogP contribution in [0.5, 0.6) is 0 Å². The van der Waals surface area contributed by atoms with Gasteiger partial charge in [-0.1, -0.05) is 109 Å². The second kappa shape index (κ2) is 21.4. The topological polar surface area (TPSA) is 66.4 Å². The zero-order valence-electron chi connectivity index (χ0n) is 23.7. The third-order valence-electron chi connectivity index (χ3n) is 5.75. The molecule has 1 N–H and O–H groups in total. The number of aliphatic hydroxyl groups is 1. The third kappa shape index (κ3) is 13.5. The second-order valence-corrected chi connectivity index (χ2v) is 11.9. The fourth-order valence-electron chi connectivity index (χ4n) is 3.77. The summed E-state index contributed by atoms with van der Waals surface area (Å²) in [5, 5.41) is 13.9. The molecule has 217 valence electrons.